The first-order valence-electron chi connectivity index (χ1n) is 9.49. The molecule has 6 nitrogen and oxygen atoms in total. The van der Waals surface area contributed by atoms with Crippen molar-refractivity contribution >= 4 is 33.0 Å². The number of hydrogen-bond acceptors (Lipinski definition) is 5. The van der Waals surface area contributed by atoms with E-state index in [1.54, 1.807) is 19.1 Å². The van der Waals surface area contributed by atoms with Crippen molar-refractivity contribution in [2.45, 2.75) is 23.6 Å². The van der Waals surface area contributed by atoms with E-state index in [1.165, 1.54) is 21.7 Å². The Hall–Kier alpha value is -2.97. The van der Waals surface area contributed by atoms with E-state index in [2.05, 4.69) is 16.9 Å². The largest absolute Gasteiger partial charge is 0.346 e. The van der Waals surface area contributed by atoms with Crippen LogP contribution in [0.5, 0.6) is 0 Å². The molecule has 0 aliphatic carbocycles. The maximum Gasteiger partial charge on any atom is 0.275 e. The van der Waals surface area contributed by atoms with Crippen molar-refractivity contribution < 1.29 is 13.2 Å². The maximum atomic E-state index is 13.6. The third-order valence-corrected chi connectivity index (χ3v) is 8.61. The predicted molar refractivity (Wildman–Crippen MR) is 119 cm³/mol. The van der Waals surface area contributed by atoms with E-state index in [0.29, 0.717) is 22.8 Å². The van der Waals surface area contributed by atoms with Crippen LogP contribution in [0.3, 0.4) is 0 Å². The first-order valence-corrected chi connectivity index (χ1v) is 11.7. The second kappa shape index (κ2) is 8.04. The molecule has 0 radical (unpaired) electrons. The number of aromatic nitrogens is 1. The highest BCUT2D eigenvalue weighted by molar-refractivity contribution is 7.94. The number of anilines is 1. The van der Waals surface area contributed by atoms with Crippen molar-refractivity contribution in [3.05, 3.63) is 78.5 Å². The van der Waals surface area contributed by atoms with E-state index in [4.69, 9.17) is 0 Å². The second-order valence-electron chi connectivity index (χ2n) is 6.95. The SMILES string of the molecule is C=CC(=O)NC1CCN(S(=O)(=O)c2sc(-c3ccccc3)nc2C)c2ccccc21. The number of carbonyl (C=O) groups is 1. The van der Waals surface area contributed by atoms with Crippen LogP contribution in [0.15, 0.2) is 71.5 Å². The van der Waals surface area contributed by atoms with Crippen molar-refractivity contribution in [3.8, 4) is 10.6 Å². The fourth-order valence-corrected chi connectivity index (χ4v) is 6.71. The third-order valence-electron chi connectivity index (χ3n) is 5.00. The Kier molecular flexibility index (Phi) is 5.44. The molecule has 3 aromatic rings. The molecule has 2 heterocycles. The zero-order valence-corrected chi connectivity index (χ0v) is 18.0. The van der Waals surface area contributed by atoms with Crippen LogP contribution in [-0.2, 0) is 14.8 Å². The normalized spacial score (nSPS) is 16.0. The highest BCUT2D eigenvalue weighted by Gasteiger charge is 2.35. The third kappa shape index (κ3) is 3.64. The van der Waals surface area contributed by atoms with E-state index < -0.39 is 10.0 Å². The quantitative estimate of drug-likeness (QED) is 0.608. The molecule has 0 fully saturated rings. The average molecular weight is 440 g/mol. The van der Waals surface area contributed by atoms with Crippen molar-refractivity contribution in [2.24, 2.45) is 0 Å². The monoisotopic (exact) mass is 439 g/mol. The average Bonchev–Trinajstić information content (AvgIpc) is 3.17. The number of hydrogen-bond donors (Lipinski definition) is 1. The van der Waals surface area contributed by atoms with Crippen molar-refractivity contribution in [1.82, 2.24) is 10.3 Å². The van der Waals surface area contributed by atoms with Gasteiger partial charge in [0.2, 0.25) is 5.91 Å². The van der Waals surface area contributed by atoms with Gasteiger partial charge in [-0.3, -0.25) is 9.10 Å². The molecule has 1 amide bonds. The van der Waals surface area contributed by atoms with Crippen molar-refractivity contribution in [3.63, 3.8) is 0 Å². The first kappa shape index (κ1) is 20.3. The lowest BCUT2D eigenvalue weighted by Gasteiger charge is -2.34. The molecule has 1 aliphatic rings. The summed E-state index contributed by atoms with van der Waals surface area (Å²) in [4.78, 5) is 16.3. The molecule has 154 valence electrons. The summed E-state index contributed by atoms with van der Waals surface area (Å²) in [5, 5.41) is 3.56. The number of rotatable bonds is 5. The Morgan fingerprint density at radius 2 is 1.90 bits per heavy atom. The van der Waals surface area contributed by atoms with Gasteiger partial charge in [-0.1, -0.05) is 55.1 Å². The molecule has 8 heteroatoms. The van der Waals surface area contributed by atoms with Gasteiger partial charge in [-0.25, -0.2) is 13.4 Å². The number of amides is 1. The van der Waals surface area contributed by atoms with E-state index >= 15 is 0 Å². The molecule has 1 aromatic heterocycles. The van der Waals surface area contributed by atoms with Gasteiger partial charge in [0, 0.05) is 12.1 Å². The lowest BCUT2D eigenvalue weighted by atomic mass is 9.98. The second-order valence-corrected chi connectivity index (χ2v) is 10.0. The van der Waals surface area contributed by atoms with Crippen LogP contribution >= 0.6 is 11.3 Å². The number of sulfonamides is 1. The summed E-state index contributed by atoms with van der Waals surface area (Å²) in [6.07, 6.45) is 1.69. The van der Waals surface area contributed by atoms with Crippen LogP contribution in [0, 0.1) is 6.92 Å². The number of nitrogens with one attached hydrogen (secondary N) is 1. The lowest BCUT2D eigenvalue weighted by molar-refractivity contribution is -0.117. The van der Waals surface area contributed by atoms with Gasteiger partial charge in [-0.05, 0) is 31.1 Å². The predicted octanol–water partition coefficient (Wildman–Crippen LogP) is 4.06. The maximum absolute atomic E-state index is 13.6. The highest BCUT2D eigenvalue weighted by atomic mass is 32.2. The number of nitrogens with zero attached hydrogens (tertiary/aromatic N) is 2. The molecule has 0 saturated heterocycles. The molecular formula is C22H21N3O3S2. The van der Waals surface area contributed by atoms with Gasteiger partial charge >= 0.3 is 0 Å². The smallest absolute Gasteiger partial charge is 0.275 e. The van der Waals surface area contributed by atoms with Gasteiger partial charge in [-0.15, -0.1) is 11.3 Å². The zero-order chi connectivity index (χ0) is 21.3. The summed E-state index contributed by atoms with van der Waals surface area (Å²) in [7, 11) is -3.79. The molecule has 30 heavy (non-hydrogen) atoms. The number of benzene rings is 2. The topological polar surface area (TPSA) is 79.4 Å². The fraction of sp³-hybridized carbons (Fsp3) is 0.182. The molecule has 0 saturated carbocycles. The molecule has 1 atom stereocenters. The van der Waals surface area contributed by atoms with E-state index in [9.17, 15) is 13.2 Å². The van der Waals surface area contributed by atoms with Crippen LogP contribution in [-0.4, -0.2) is 25.9 Å². The van der Waals surface area contributed by atoms with Gasteiger partial charge < -0.3 is 5.32 Å². The molecular weight excluding hydrogens is 418 g/mol. The zero-order valence-electron chi connectivity index (χ0n) is 16.4. The molecule has 1 unspecified atom stereocenters. The molecule has 4 rings (SSSR count). The van der Waals surface area contributed by atoms with Crippen LogP contribution in [0.2, 0.25) is 0 Å². The number of carbonyl (C=O) groups excluding carboxylic acids is 1. The fourth-order valence-electron chi connectivity index (χ4n) is 3.59. The summed E-state index contributed by atoms with van der Waals surface area (Å²) < 4.78 is 28.9. The number of thiazole rings is 1. The molecule has 1 N–H and O–H groups in total. The minimum absolute atomic E-state index is 0.240. The molecule has 0 bridgehead atoms. The Bertz CT molecular complexity index is 1200. The van der Waals surface area contributed by atoms with Gasteiger partial charge in [0.25, 0.3) is 10.0 Å². The van der Waals surface area contributed by atoms with Crippen molar-refractivity contribution in [2.75, 3.05) is 10.8 Å². The van der Waals surface area contributed by atoms with Gasteiger partial charge in [0.05, 0.1) is 17.4 Å². The standard InChI is InChI=1S/C22H21N3O3S2/c1-3-20(26)24-18-13-14-25(19-12-8-7-11-17(18)19)30(27,28)22-15(2)23-21(29-22)16-9-5-4-6-10-16/h3-12,18H,1,13-14H2,2H3,(H,24,26). The number of para-hydroxylation sites is 1. The Morgan fingerprint density at radius 3 is 2.63 bits per heavy atom. The molecule has 2 aromatic carbocycles. The van der Waals surface area contributed by atoms with Gasteiger partial charge in [0.1, 0.15) is 5.01 Å². The van der Waals surface area contributed by atoms with Crippen LogP contribution in [0.4, 0.5) is 5.69 Å². The van der Waals surface area contributed by atoms with Crippen LogP contribution in [0.1, 0.15) is 23.7 Å². The molecule has 1 aliphatic heterocycles. The van der Waals surface area contributed by atoms with E-state index in [0.717, 1.165) is 11.1 Å². The first-order chi connectivity index (χ1) is 14.4. The van der Waals surface area contributed by atoms with Crippen LogP contribution < -0.4 is 9.62 Å². The minimum Gasteiger partial charge on any atom is -0.346 e. The molecule has 0 spiro atoms. The summed E-state index contributed by atoms with van der Waals surface area (Å²) in [6.45, 7) is 5.47. The summed E-state index contributed by atoms with van der Waals surface area (Å²) in [5.41, 5.74) is 2.72. The summed E-state index contributed by atoms with van der Waals surface area (Å²) in [6, 6.07) is 16.5. The van der Waals surface area contributed by atoms with E-state index in [-0.39, 0.29) is 22.7 Å². The van der Waals surface area contributed by atoms with Gasteiger partial charge in [-0.2, -0.15) is 0 Å². The van der Waals surface area contributed by atoms with Crippen LogP contribution in [0.25, 0.3) is 10.6 Å². The summed E-state index contributed by atoms with van der Waals surface area (Å²) >= 11 is 1.18. The highest BCUT2D eigenvalue weighted by Crippen LogP contribution is 2.40. The number of fused-ring (bicyclic) bond motifs is 1. The van der Waals surface area contributed by atoms with E-state index in [1.807, 2.05) is 42.5 Å². The van der Waals surface area contributed by atoms with Crippen molar-refractivity contribution in [1.29, 1.82) is 0 Å². The number of aryl methyl sites for hydroxylation is 1. The van der Waals surface area contributed by atoms with Gasteiger partial charge in [0.15, 0.2) is 4.21 Å². The summed E-state index contributed by atoms with van der Waals surface area (Å²) in [5.74, 6) is -0.281. The Balaban J connectivity index is 1.73. The Labute approximate surface area is 179 Å². The minimum atomic E-state index is -3.79. The Morgan fingerprint density at radius 1 is 1.20 bits per heavy atom. The lowest BCUT2D eigenvalue weighted by Crippen LogP contribution is -2.40.